The van der Waals surface area contributed by atoms with E-state index in [2.05, 4.69) is 9.71 Å². The predicted molar refractivity (Wildman–Crippen MR) is 104 cm³/mol. The minimum atomic E-state index is -3.77. The molecule has 1 heterocycles. The van der Waals surface area contributed by atoms with Crippen molar-refractivity contribution in [3.05, 3.63) is 74.8 Å². The number of benzene rings is 2. The molecule has 5 nitrogen and oxygen atoms in total. The van der Waals surface area contributed by atoms with E-state index in [9.17, 15) is 17.6 Å². The van der Waals surface area contributed by atoms with E-state index in [1.807, 2.05) is 26.0 Å². The van der Waals surface area contributed by atoms with Crippen molar-refractivity contribution in [3.8, 4) is 0 Å². The van der Waals surface area contributed by atoms with Crippen molar-refractivity contribution in [2.45, 2.75) is 32.1 Å². The quantitative estimate of drug-likeness (QED) is 0.705. The number of aromatic nitrogens is 1. The van der Waals surface area contributed by atoms with Gasteiger partial charge >= 0.3 is 0 Å². The van der Waals surface area contributed by atoms with Crippen molar-refractivity contribution in [1.82, 2.24) is 9.71 Å². The van der Waals surface area contributed by atoms with Gasteiger partial charge in [-0.15, -0.1) is 0 Å². The maximum absolute atomic E-state index is 13.3. The van der Waals surface area contributed by atoms with Gasteiger partial charge < -0.3 is 4.98 Å². The summed E-state index contributed by atoms with van der Waals surface area (Å²) in [4.78, 5) is 15.2. The molecule has 2 aromatic carbocycles. The van der Waals surface area contributed by atoms with Crippen LogP contribution in [-0.2, 0) is 16.4 Å². The fourth-order valence-corrected chi connectivity index (χ4v) is 4.22. The second-order valence-corrected chi connectivity index (χ2v) is 8.50. The fraction of sp³-hybridized carbons (Fsp3) is 0.250. The van der Waals surface area contributed by atoms with E-state index < -0.39 is 15.8 Å². The molecule has 0 saturated heterocycles. The molecule has 0 fully saturated rings. The minimum Gasteiger partial charge on any atom is -0.321 e. The maximum Gasteiger partial charge on any atom is 0.251 e. The van der Waals surface area contributed by atoms with Crippen LogP contribution in [0.4, 0.5) is 4.39 Å². The first kappa shape index (κ1) is 19.3. The van der Waals surface area contributed by atoms with Crippen LogP contribution >= 0.6 is 0 Å². The monoisotopic (exact) mass is 388 g/mol. The van der Waals surface area contributed by atoms with Crippen molar-refractivity contribution in [1.29, 1.82) is 0 Å². The first-order valence-corrected chi connectivity index (χ1v) is 10.0. The average Bonchev–Trinajstić information content (AvgIpc) is 2.58. The molecule has 142 valence electrons. The SMILES string of the molecule is Cc1cc(C)c2[nH]c(=O)c(CCNS(=O)(=O)c3ccc(F)c(C)c3)cc2c1. The summed E-state index contributed by atoms with van der Waals surface area (Å²) in [5.74, 6) is -0.456. The maximum atomic E-state index is 13.3. The van der Waals surface area contributed by atoms with E-state index in [0.29, 0.717) is 5.56 Å². The Hall–Kier alpha value is -2.51. The fourth-order valence-electron chi connectivity index (χ4n) is 3.11. The van der Waals surface area contributed by atoms with E-state index in [1.165, 1.54) is 19.1 Å². The molecule has 0 radical (unpaired) electrons. The topological polar surface area (TPSA) is 79.0 Å². The third-order valence-electron chi connectivity index (χ3n) is 4.50. The number of hydrogen-bond acceptors (Lipinski definition) is 3. The molecule has 0 aliphatic carbocycles. The van der Waals surface area contributed by atoms with Crippen molar-refractivity contribution in [3.63, 3.8) is 0 Å². The van der Waals surface area contributed by atoms with Gasteiger partial charge in [0.2, 0.25) is 10.0 Å². The van der Waals surface area contributed by atoms with Gasteiger partial charge in [-0.05, 0) is 74.0 Å². The van der Waals surface area contributed by atoms with Gasteiger partial charge in [-0.25, -0.2) is 17.5 Å². The molecule has 2 N–H and O–H groups in total. The van der Waals surface area contributed by atoms with Crippen LogP contribution in [0.1, 0.15) is 22.3 Å². The number of nitrogens with one attached hydrogen (secondary N) is 2. The van der Waals surface area contributed by atoms with Crippen molar-refractivity contribution < 1.29 is 12.8 Å². The molecule has 1 aromatic heterocycles. The van der Waals surface area contributed by atoms with E-state index in [1.54, 1.807) is 6.07 Å². The number of hydrogen-bond donors (Lipinski definition) is 2. The Labute approximate surface area is 157 Å². The van der Waals surface area contributed by atoms with E-state index in [4.69, 9.17) is 0 Å². The molecule has 0 atom stereocenters. The van der Waals surface area contributed by atoms with Crippen LogP contribution in [0.15, 0.2) is 46.1 Å². The summed E-state index contributed by atoms with van der Waals surface area (Å²) in [7, 11) is -3.77. The smallest absolute Gasteiger partial charge is 0.251 e. The lowest BCUT2D eigenvalue weighted by atomic mass is 10.0. The largest absolute Gasteiger partial charge is 0.321 e. The highest BCUT2D eigenvalue weighted by atomic mass is 32.2. The Morgan fingerprint density at radius 3 is 2.48 bits per heavy atom. The van der Waals surface area contributed by atoms with Crippen molar-refractivity contribution in [2.24, 2.45) is 0 Å². The Morgan fingerprint density at radius 2 is 1.78 bits per heavy atom. The van der Waals surface area contributed by atoms with Crippen LogP contribution in [0.3, 0.4) is 0 Å². The molecule has 27 heavy (non-hydrogen) atoms. The Bertz CT molecular complexity index is 1180. The molecule has 0 aliphatic heterocycles. The molecular weight excluding hydrogens is 367 g/mol. The van der Waals surface area contributed by atoms with Crippen LogP contribution in [0, 0.1) is 26.6 Å². The summed E-state index contributed by atoms with van der Waals surface area (Å²) in [6.45, 7) is 5.49. The van der Waals surface area contributed by atoms with Crippen LogP contribution in [0.5, 0.6) is 0 Å². The summed E-state index contributed by atoms with van der Waals surface area (Å²) in [6, 6.07) is 9.40. The summed E-state index contributed by atoms with van der Waals surface area (Å²) in [5, 5.41) is 0.916. The van der Waals surface area contributed by atoms with E-state index in [0.717, 1.165) is 28.1 Å². The van der Waals surface area contributed by atoms with Crippen molar-refractivity contribution in [2.75, 3.05) is 6.54 Å². The second kappa shape index (κ2) is 7.25. The molecule has 7 heteroatoms. The molecular formula is C20H21FN2O3S. The number of aryl methyl sites for hydroxylation is 3. The van der Waals surface area contributed by atoms with Gasteiger partial charge in [0.25, 0.3) is 5.56 Å². The summed E-state index contributed by atoms with van der Waals surface area (Å²) >= 11 is 0. The highest BCUT2D eigenvalue weighted by Crippen LogP contribution is 2.18. The second-order valence-electron chi connectivity index (χ2n) is 6.73. The van der Waals surface area contributed by atoms with E-state index in [-0.39, 0.29) is 29.0 Å². The molecule has 3 aromatic rings. The lowest BCUT2D eigenvalue weighted by Crippen LogP contribution is -2.27. The zero-order valence-electron chi connectivity index (χ0n) is 15.4. The highest BCUT2D eigenvalue weighted by molar-refractivity contribution is 7.89. The number of halogens is 1. The van der Waals surface area contributed by atoms with Gasteiger partial charge in [-0.3, -0.25) is 4.79 Å². The first-order chi connectivity index (χ1) is 12.7. The number of sulfonamides is 1. The molecule has 0 spiro atoms. The van der Waals surface area contributed by atoms with E-state index >= 15 is 0 Å². The van der Waals surface area contributed by atoms with Gasteiger partial charge in [-0.2, -0.15) is 0 Å². The zero-order valence-corrected chi connectivity index (χ0v) is 16.2. The Morgan fingerprint density at radius 1 is 1.04 bits per heavy atom. The molecule has 0 aliphatic rings. The lowest BCUT2D eigenvalue weighted by molar-refractivity contribution is 0.580. The van der Waals surface area contributed by atoms with Crippen molar-refractivity contribution >= 4 is 20.9 Å². The van der Waals surface area contributed by atoms with Gasteiger partial charge in [0.15, 0.2) is 0 Å². The molecule has 0 amide bonds. The third kappa shape index (κ3) is 4.09. The van der Waals surface area contributed by atoms with Crippen LogP contribution < -0.4 is 10.3 Å². The molecule has 0 saturated carbocycles. The minimum absolute atomic E-state index is 0.0000653. The zero-order chi connectivity index (χ0) is 19.8. The lowest BCUT2D eigenvalue weighted by Gasteiger charge is -2.09. The molecule has 0 unspecified atom stereocenters. The normalized spacial score (nSPS) is 11.9. The number of fused-ring (bicyclic) bond motifs is 1. The Balaban J connectivity index is 1.79. The average molecular weight is 388 g/mol. The van der Waals surface area contributed by atoms with Gasteiger partial charge in [0.05, 0.1) is 10.4 Å². The molecule has 3 rings (SSSR count). The number of H-pyrrole nitrogens is 1. The van der Waals surface area contributed by atoms with Gasteiger partial charge in [0, 0.05) is 12.1 Å². The standard InChI is InChI=1S/C20H21FN2O3S/c1-12-8-14(3)19-16(9-12)11-15(20(24)23-19)6-7-22-27(25,26)17-4-5-18(21)13(2)10-17/h4-5,8-11,22H,6-7H2,1-3H3,(H,23,24). The summed E-state index contributed by atoms with van der Waals surface area (Å²) in [5.41, 5.74) is 3.40. The highest BCUT2D eigenvalue weighted by Gasteiger charge is 2.15. The predicted octanol–water partition coefficient (Wildman–Crippen LogP) is 3.11. The van der Waals surface area contributed by atoms with Gasteiger partial charge in [0.1, 0.15) is 5.82 Å². The number of pyridine rings is 1. The van der Waals surface area contributed by atoms with Crippen LogP contribution in [0.2, 0.25) is 0 Å². The number of aromatic amines is 1. The molecule has 0 bridgehead atoms. The number of rotatable bonds is 5. The van der Waals surface area contributed by atoms with Crippen LogP contribution in [-0.4, -0.2) is 19.9 Å². The summed E-state index contributed by atoms with van der Waals surface area (Å²) < 4.78 is 40.5. The Kier molecular flexibility index (Phi) is 5.17. The first-order valence-electron chi connectivity index (χ1n) is 8.56. The third-order valence-corrected chi connectivity index (χ3v) is 5.96. The summed E-state index contributed by atoms with van der Waals surface area (Å²) in [6.07, 6.45) is 0.248. The van der Waals surface area contributed by atoms with Gasteiger partial charge in [-0.1, -0.05) is 11.6 Å². The van der Waals surface area contributed by atoms with Crippen LogP contribution in [0.25, 0.3) is 10.9 Å².